The molecule has 1 aliphatic rings. The van der Waals surface area contributed by atoms with E-state index in [4.69, 9.17) is 4.74 Å². The van der Waals surface area contributed by atoms with Crippen LogP contribution in [-0.4, -0.2) is 12.5 Å². The summed E-state index contributed by atoms with van der Waals surface area (Å²) in [5.41, 5.74) is 1.49. The van der Waals surface area contributed by atoms with Crippen LogP contribution in [0.3, 0.4) is 0 Å². The first kappa shape index (κ1) is 9.19. The summed E-state index contributed by atoms with van der Waals surface area (Å²) in [6, 6.07) is 9.28. The van der Waals surface area contributed by atoms with Gasteiger partial charge < -0.3 is 4.74 Å². The molecule has 0 fully saturated rings. The number of halogens is 2. The fraction of sp³-hybridized carbons (Fsp3) is 0.273. The highest BCUT2D eigenvalue weighted by molar-refractivity contribution is 5.68. The molecule has 0 amide bonds. The topological polar surface area (TPSA) is 9.23 Å². The summed E-state index contributed by atoms with van der Waals surface area (Å²) in [5.74, 6) is 0.593. The molecule has 0 unspecified atom stereocenters. The number of rotatable bonds is 2. The van der Waals surface area contributed by atoms with Crippen molar-refractivity contribution in [2.75, 3.05) is 0 Å². The smallest absolute Gasteiger partial charge is 0.278 e. The van der Waals surface area contributed by atoms with Crippen LogP contribution in [0.15, 0.2) is 35.9 Å². The van der Waals surface area contributed by atoms with E-state index in [0.717, 1.165) is 5.56 Å². The van der Waals surface area contributed by atoms with E-state index >= 15 is 0 Å². The average Bonchev–Trinajstić information content (AvgIpc) is 2.17. The Morgan fingerprint density at radius 3 is 2.36 bits per heavy atom. The van der Waals surface area contributed by atoms with Gasteiger partial charge in [0.05, 0.1) is 0 Å². The SMILES string of the molecule is CC1=C(c2ccccc2)O[C@@H]1C(F)F. The maximum atomic E-state index is 12.3. The molecule has 74 valence electrons. The van der Waals surface area contributed by atoms with Gasteiger partial charge in [0.15, 0.2) is 6.10 Å². The second-order valence-electron chi connectivity index (χ2n) is 3.25. The molecule has 0 saturated carbocycles. The van der Waals surface area contributed by atoms with Crippen LogP contribution in [0.25, 0.3) is 5.76 Å². The molecule has 0 aromatic heterocycles. The summed E-state index contributed by atoms with van der Waals surface area (Å²) in [4.78, 5) is 0. The van der Waals surface area contributed by atoms with Crippen molar-refractivity contribution >= 4 is 5.76 Å². The van der Waals surface area contributed by atoms with Crippen molar-refractivity contribution in [3.8, 4) is 0 Å². The molecule has 1 aromatic carbocycles. The fourth-order valence-corrected chi connectivity index (χ4v) is 1.51. The van der Waals surface area contributed by atoms with Crippen molar-refractivity contribution in [1.29, 1.82) is 0 Å². The van der Waals surface area contributed by atoms with E-state index in [2.05, 4.69) is 0 Å². The molecule has 0 N–H and O–H groups in total. The molecule has 0 bridgehead atoms. The first-order valence-corrected chi connectivity index (χ1v) is 4.41. The number of hydrogen-bond donors (Lipinski definition) is 0. The van der Waals surface area contributed by atoms with Gasteiger partial charge in [-0.25, -0.2) is 8.78 Å². The molecule has 1 heterocycles. The lowest BCUT2D eigenvalue weighted by molar-refractivity contribution is -0.00692. The van der Waals surface area contributed by atoms with E-state index in [1.165, 1.54) is 0 Å². The molecule has 1 atom stereocenters. The van der Waals surface area contributed by atoms with Gasteiger partial charge in [-0.1, -0.05) is 30.3 Å². The number of hydrogen-bond acceptors (Lipinski definition) is 1. The third kappa shape index (κ3) is 1.39. The Bertz CT molecular complexity index is 357. The lowest BCUT2D eigenvalue weighted by atomic mass is 10.00. The Hall–Kier alpha value is -1.38. The highest BCUT2D eigenvalue weighted by Gasteiger charge is 2.36. The Morgan fingerprint density at radius 1 is 1.21 bits per heavy atom. The normalized spacial score (nSPS) is 20.7. The molecule has 1 aliphatic heterocycles. The maximum absolute atomic E-state index is 12.3. The highest BCUT2D eigenvalue weighted by Crippen LogP contribution is 2.37. The van der Waals surface area contributed by atoms with Crippen molar-refractivity contribution < 1.29 is 13.5 Å². The van der Waals surface area contributed by atoms with E-state index in [0.29, 0.717) is 11.3 Å². The van der Waals surface area contributed by atoms with Crippen LogP contribution < -0.4 is 0 Å². The van der Waals surface area contributed by atoms with E-state index in [-0.39, 0.29) is 0 Å². The predicted molar refractivity (Wildman–Crippen MR) is 49.9 cm³/mol. The van der Waals surface area contributed by atoms with Crippen LogP contribution >= 0.6 is 0 Å². The number of alkyl halides is 2. The summed E-state index contributed by atoms with van der Waals surface area (Å²) < 4.78 is 29.5. The molecule has 1 nitrogen and oxygen atoms in total. The van der Waals surface area contributed by atoms with Crippen LogP contribution in [-0.2, 0) is 4.74 Å². The molecular formula is C11H10F2O. The van der Waals surface area contributed by atoms with Gasteiger partial charge in [0, 0.05) is 11.1 Å². The summed E-state index contributed by atoms with van der Waals surface area (Å²) in [6.07, 6.45) is -3.44. The van der Waals surface area contributed by atoms with Gasteiger partial charge in [0.2, 0.25) is 0 Å². The second kappa shape index (κ2) is 3.40. The Morgan fingerprint density at radius 2 is 1.86 bits per heavy atom. The van der Waals surface area contributed by atoms with Gasteiger partial charge in [0.1, 0.15) is 5.76 Å². The van der Waals surface area contributed by atoms with Gasteiger partial charge in [0.25, 0.3) is 6.43 Å². The summed E-state index contributed by atoms with van der Waals surface area (Å²) in [7, 11) is 0. The van der Waals surface area contributed by atoms with E-state index in [1.54, 1.807) is 6.92 Å². The summed E-state index contributed by atoms with van der Waals surface area (Å²) in [5, 5.41) is 0. The lowest BCUT2D eigenvalue weighted by Crippen LogP contribution is -2.32. The minimum absolute atomic E-state index is 0.593. The third-order valence-corrected chi connectivity index (χ3v) is 2.29. The molecule has 14 heavy (non-hydrogen) atoms. The van der Waals surface area contributed by atoms with Crippen LogP contribution in [0.4, 0.5) is 8.78 Å². The van der Waals surface area contributed by atoms with Gasteiger partial charge >= 0.3 is 0 Å². The zero-order valence-electron chi connectivity index (χ0n) is 7.71. The average molecular weight is 196 g/mol. The van der Waals surface area contributed by atoms with Crippen LogP contribution in [0, 0.1) is 0 Å². The molecule has 0 spiro atoms. The molecule has 2 rings (SSSR count). The van der Waals surface area contributed by atoms with Crippen molar-refractivity contribution in [3.05, 3.63) is 41.5 Å². The Kier molecular flexibility index (Phi) is 2.23. The van der Waals surface area contributed by atoms with Crippen molar-refractivity contribution in [3.63, 3.8) is 0 Å². The largest absolute Gasteiger partial charge is 0.479 e. The number of benzene rings is 1. The van der Waals surface area contributed by atoms with E-state index < -0.39 is 12.5 Å². The number of ether oxygens (including phenoxy) is 1. The fourth-order valence-electron chi connectivity index (χ4n) is 1.51. The minimum Gasteiger partial charge on any atom is -0.479 e. The third-order valence-electron chi connectivity index (χ3n) is 2.29. The zero-order chi connectivity index (χ0) is 10.1. The first-order chi connectivity index (χ1) is 6.70. The van der Waals surface area contributed by atoms with Gasteiger partial charge in [-0.15, -0.1) is 0 Å². The Balaban J connectivity index is 2.24. The van der Waals surface area contributed by atoms with E-state index in [1.807, 2.05) is 30.3 Å². The van der Waals surface area contributed by atoms with Gasteiger partial charge in [-0.2, -0.15) is 0 Å². The maximum Gasteiger partial charge on any atom is 0.278 e. The lowest BCUT2D eigenvalue weighted by Gasteiger charge is -2.32. The zero-order valence-corrected chi connectivity index (χ0v) is 7.71. The quantitative estimate of drug-likeness (QED) is 0.706. The summed E-state index contributed by atoms with van der Waals surface area (Å²) >= 11 is 0. The Labute approximate surface area is 81.0 Å². The summed E-state index contributed by atoms with van der Waals surface area (Å²) in [6.45, 7) is 1.68. The van der Waals surface area contributed by atoms with Crippen LogP contribution in [0.5, 0.6) is 0 Å². The molecule has 1 aromatic rings. The standard InChI is InChI=1S/C11H10F2O/c1-7-9(14-10(7)11(12)13)8-5-3-2-4-6-8/h2-6,10-11H,1H3/t10-/m0/s1. The van der Waals surface area contributed by atoms with Gasteiger partial charge in [-0.05, 0) is 6.92 Å². The van der Waals surface area contributed by atoms with Crippen LogP contribution in [0.1, 0.15) is 12.5 Å². The van der Waals surface area contributed by atoms with Crippen molar-refractivity contribution in [2.45, 2.75) is 19.5 Å². The van der Waals surface area contributed by atoms with Crippen molar-refractivity contribution in [1.82, 2.24) is 0 Å². The molecule has 3 heteroatoms. The highest BCUT2D eigenvalue weighted by atomic mass is 19.3. The monoisotopic (exact) mass is 196 g/mol. The molecular weight excluding hydrogens is 186 g/mol. The first-order valence-electron chi connectivity index (χ1n) is 4.41. The molecule has 0 aliphatic carbocycles. The minimum atomic E-state index is -2.43. The van der Waals surface area contributed by atoms with Gasteiger partial charge in [-0.3, -0.25) is 0 Å². The predicted octanol–water partition coefficient (Wildman–Crippen LogP) is 3.08. The molecule has 0 radical (unpaired) electrons. The van der Waals surface area contributed by atoms with E-state index in [9.17, 15) is 8.78 Å². The van der Waals surface area contributed by atoms with Crippen molar-refractivity contribution in [2.24, 2.45) is 0 Å². The van der Waals surface area contributed by atoms with Crippen LogP contribution in [0.2, 0.25) is 0 Å². The second-order valence-corrected chi connectivity index (χ2v) is 3.25. The molecule has 0 saturated heterocycles.